The van der Waals surface area contributed by atoms with E-state index in [1.54, 1.807) is 0 Å². The van der Waals surface area contributed by atoms with Gasteiger partial charge in [0.25, 0.3) is 5.95 Å². The SMILES string of the molecule is C[Si](C)(C)OC(OCc1ccccc1)=C1CCCCC1. The molecule has 0 saturated heterocycles. The summed E-state index contributed by atoms with van der Waals surface area (Å²) in [5.74, 6) is 0.827. The molecule has 0 heterocycles. The first-order chi connectivity index (χ1) is 9.54. The molecule has 1 aliphatic rings. The van der Waals surface area contributed by atoms with Gasteiger partial charge in [-0.25, -0.2) is 0 Å². The van der Waals surface area contributed by atoms with Gasteiger partial charge in [-0.15, -0.1) is 0 Å². The molecule has 1 fully saturated rings. The third-order valence-electron chi connectivity index (χ3n) is 3.36. The Kier molecular flexibility index (Phi) is 5.29. The van der Waals surface area contributed by atoms with Crippen molar-refractivity contribution in [3.05, 3.63) is 47.4 Å². The third kappa shape index (κ3) is 5.04. The molecule has 0 unspecified atom stereocenters. The van der Waals surface area contributed by atoms with E-state index < -0.39 is 8.32 Å². The van der Waals surface area contributed by atoms with Crippen LogP contribution in [0.25, 0.3) is 0 Å². The molecule has 0 spiro atoms. The first kappa shape index (κ1) is 15.2. The Morgan fingerprint density at radius 1 is 1.00 bits per heavy atom. The van der Waals surface area contributed by atoms with Gasteiger partial charge in [0.1, 0.15) is 6.61 Å². The number of allylic oxidation sites excluding steroid dienone is 1. The summed E-state index contributed by atoms with van der Waals surface area (Å²) in [6.45, 7) is 7.23. The van der Waals surface area contributed by atoms with Crippen molar-refractivity contribution in [2.75, 3.05) is 0 Å². The minimum absolute atomic E-state index is 0.601. The van der Waals surface area contributed by atoms with E-state index in [-0.39, 0.29) is 0 Å². The highest BCUT2D eigenvalue weighted by Gasteiger charge is 2.22. The summed E-state index contributed by atoms with van der Waals surface area (Å²) in [5, 5.41) is 0. The van der Waals surface area contributed by atoms with Gasteiger partial charge in [0, 0.05) is 5.57 Å². The van der Waals surface area contributed by atoms with Crippen molar-refractivity contribution in [1.82, 2.24) is 0 Å². The molecule has 1 aromatic carbocycles. The highest BCUT2D eigenvalue weighted by Crippen LogP contribution is 2.29. The lowest BCUT2D eigenvalue weighted by Gasteiger charge is -2.26. The predicted octanol–water partition coefficient (Wildman–Crippen LogP) is 5.23. The normalized spacial score (nSPS) is 15.8. The van der Waals surface area contributed by atoms with Crippen molar-refractivity contribution in [2.24, 2.45) is 0 Å². The molecule has 0 aliphatic heterocycles. The zero-order valence-corrected chi connectivity index (χ0v) is 13.9. The molecule has 0 N–H and O–H groups in total. The van der Waals surface area contributed by atoms with Crippen molar-refractivity contribution in [3.63, 3.8) is 0 Å². The zero-order chi connectivity index (χ0) is 14.4. The summed E-state index contributed by atoms with van der Waals surface area (Å²) in [7, 11) is -1.63. The molecule has 1 saturated carbocycles. The molecule has 1 aromatic rings. The van der Waals surface area contributed by atoms with E-state index in [0.29, 0.717) is 6.61 Å². The lowest BCUT2D eigenvalue weighted by molar-refractivity contribution is 0.0848. The molecular formula is C17H26O2Si. The fourth-order valence-corrected chi connectivity index (χ4v) is 3.15. The summed E-state index contributed by atoms with van der Waals surface area (Å²) < 4.78 is 12.2. The molecule has 0 bridgehead atoms. The maximum atomic E-state index is 6.20. The van der Waals surface area contributed by atoms with E-state index in [1.165, 1.54) is 30.4 Å². The van der Waals surface area contributed by atoms with Crippen LogP contribution in [0.3, 0.4) is 0 Å². The summed E-state index contributed by atoms with van der Waals surface area (Å²) in [6, 6.07) is 10.3. The second-order valence-electron chi connectivity index (χ2n) is 6.44. The Hall–Kier alpha value is -1.22. The monoisotopic (exact) mass is 290 g/mol. The lowest BCUT2D eigenvalue weighted by Crippen LogP contribution is -2.26. The minimum Gasteiger partial charge on any atom is -0.520 e. The maximum Gasteiger partial charge on any atom is 0.264 e. The van der Waals surface area contributed by atoms with Crippen LogP contribution in [-0.4, -0.2) is 8.32 Å². The van der Waals surface area contributed by atoms with Gasteiger partial charge < -0.3 is 9.16 Å². The van der Waals surface area contributed by atoms with Crippen LogP contribution in [0.2, 0.25) is 19.6 Å². The molecule has 0 radical (unpaired) electrons. The molecule has 110 valence electrons. The predicted molar refractivity (Wildman–Crippen MR) is 85.8 cm³/mol. The molecule has 3 heteroatoms. The molecule has 1 aliphatic carbocycles. The van der Waals surface area contributed by atoms with Crippen LogP contribution in [0.5, 0.6) is 0 Å². The highest BCUT2D eigenvalue weighted by molar-refractivity contribution is 6.70. The largest absolute Gasteiger partial charge is 0.520 e. The Bertz CT molecular complexity index is 438. The maximum absolute atomic E-state index is 6.20. The number of benzene rings is 1. The summed E-state index contributed by atoms with van der Waals surface area (Å²) in [6.07, 6.45) is 6.14. The summed E-state index contributed by atoms with van der Waals surface area (Å²) in [5.41, 5.74) is 2.58. The number of ether oxygens (including phenoxy) is 1. The van der Waals surface area contributed by atoms with E-state index in [9.17, 15) is 0 Å². The first-order valence-electron chi connectivity index (χ1n) is 7.62. The van der Waals surface area contributed by atoms with Crippen molar-refractivity contribution < 1.29 is 9.16 Å². The highest BCUT2D eigenvalue weighted by atomic mass is 28.4. The van der Waals surface area contributed by atoms with Crippen molar-refractivity contribution in [1.29, 1.82) is 0 Å². The van der Waals surface area contributed by atoms with E-state index in [0.717, 1.165) is 18.8 Å². The Balaban J connectivity index is 2.06. The Labute approximate surface area is 123 Å². The molecule has 0 aromatic heterocycles. The van der Waals surface area contributed by atoms with Crippen LogP contribution in [0.1, 0.15) is 37.7 Å². The fourth-order valence-electron chi connectivity index (χ4n) is 2.39. The second kappa shape index (κ2) is 6.98. The van der Waals surface area contributed by atoms with Gasteiger partial charge in [-0.3, -0.25) is 0 Å². The average molecular weight is 290 g/mol. The van der Waals surface area contributed by atoms with Crippen molar-refractivity contribution in [3.8, 4) is 0 Å². The van der Waals surface area contributed by atoms with Crippen LogP contribution < -0.4 is 0 Å². The van der Waals surface area contributed by atoms with Crippen LogP contribution >= 0.6 is 0 Å². The van der Waals surface area contributed by atoms with Crippen molar-refractivity contribution in [2.45, 2.75) is 58.4 Å². The van der Waals surface area contributed by atoms with E-state index in [4.69, 9.17) is 9.16 Å². The molecule has 2 nitrogen and oxygen atoms in total. The topological polar surface area (TPSA) is 18.5 Å². The summed E-state index contributed by atoms with van der Waals surface area (Å²) >= 11 is 0. The van der Waals surface area contributed by atoms with Gasteiger partial charge in [-0.05, 0) is 50.9 Å². The average Bonchev–Trinajstić information content (AvgIpc) is 2.44. The van der Waals surface area contributed by atoms with Crippen LogP contribution in [0.4, 0.5) is 0 Å². The van der Waals surface area contributed by atoms with Gasteiger partial charge in [0.15, 0.2) is 0 Å². The van der Waals surface area contributed by atoms with Crippen LogP contribution in [0.15, 0.2) is 41.9 Å². The quantitative estimate of drug-likeness (QED) is 0.546. The molecular weight excluding hydrogens is 264 g/mol. The number of rotatable bonds is 5. The Morgan fingerprint density at radius 2 is 1.65 bits per heavy atom. The van der Waals surface area contributed by atoms with Gasteiger partial charge in [-0.1, -0.05) is 36.8 Å². The van der Waals surface area contributed by atoms with E-state index in [2.05, 4.69) is 31.8 Å². The van der Waals surface area contributed by atoms with Gasteiger partial charge in [0.05, 0.1) is 0 Å². The molecule has 0 amide bonds. The van der Waals surface area contributed by atoms with E-state index in [1.807, 2.05) is 18.2 Å². The minimum atomic E-state index is -1.63. The molecule has 20 heavy (non-hydrogen) atoms. The molecule has 0 atom stereocenters. The smallest absolute Gasteiger partial charge is 0.264 e. The van der Waals surface area contributed by atoms with Crippen LogP contribution in [0, 0.1) is 0 Å². The second-order valence-corrected chi connectivity index (χ2v) is 10.9. The lowest BCUT2D eigenvalue weighted by atomic mass is 9.96. The van der Waals surface area contributed by atoms with Crippen LogP contribution in [-0.2, 0) is 15.8 Å². The van der Waals surface area contributed by atoms with Gasteiger partial charge in [-0.2, -0.15) is 0 Å². The Morgan fingerprint density at radius 3 is 2.25 bits per heavy atom. The van der Waals surface area contributed by atoms with Crippen molar-refractivity contribution >= 4 is 8.32 Å². The third-order valence-corrected chi connectivity index (χ3v) is 4.16. The first-order valence-corrected chi connectivity index (χ1v) is 11.0. The number of hydrogen-bond donors (Lipinski definition) is 0. The molecule has 2 rings (SSSR count). The standard InChI is InChI=1S/C17H26O2Si/c1-20(2,3)19-17(16-12-8-5-9-13-16)18-14-15-10-6-4-7-11-15/h4,6-7,10-11H,5,8-9,12-14H2,1-3H3. The van der Waals surface area contributed by atoms with Gasteiger partial charge in [0.2, 0.25) is 8.32 Å². The fraction of sp³-hybridized carbons (Fsp3) is 0.529. The number of hydrogen-bond acceptors (Lipinski definition) is 2. The summed E-state index contributed by atoms with van der Waals surface area (Å²) in [4.78, 5) is 0. The zero-order valence-electron chi connectivity index (χ0n) is 12.9. The van der Waals surface area contributed by atoms with Gasteiger partial charge >= 0.3 is 0 Å². The van der Waals surface area contributed by atoms with E-state index >= 15 is 0 Å².